The minimum absolute atomic E-state index is 0.0169. The van der Waals surface area contributed by atoms with Crippen molar-refractivity contribution < 1.29 is 63.9 Å². The van der Waals surface area contributed by atoms with Crippen molar-refractivity contribution in [2.75, 3.05) is 6.54 Å². The summed E-state index contributed by atoms with van der Waals surface area (Å²) < 4.78 is 0. The minimum Gasteiger partial charge on any atom is -0.508 e. The van der Waals surface area contributed by atoms with E-state index in [1.807, 2.05) is 0 Å². The summed E-state index contributed by atoms with van der Waals surface area (Å²) in [6.07, 6.45) is -0.515. The summed E-state index contributed by atoms with van der Waals surface area (Å²) in [5.41, 5.74) is 8.46. The number of amides is 6. The highest BCUT2D eigenvalue weighted by Crippen LogP contribution is 2.44. The molecule has 0 radical (unpaired) electrons. The first kappa shape index (κ1) is 67.8. The smallest absolute Gasteiger partial charge is 0.303 e. The number of carboxylic acid groups (broad SMARTS) is 2. The van der Waals surface area contributed by atoms with Crippen LogP contribution in [0, 0.1) is 24.7 Å². The van der Waals surface area contributed by atoms with Gasteiger partial charge in [0.05, 0.1) is 30.3 Å². The summed E-state index contributed by atoms with van der Waals surface area (Å²) in [5, 5.41) is 74.3. The summed E-state index contributed by atoms with van der Waals surface area (Å²) in [7, 11) is 0. The summed E-state index contributed by atoms with van der Waals surface area (Å²) in [6.45, 7) is 3.31. The Kier molecular flexibility index (Phi) is 20.5. The van der Waals surface area contributed by atoms with Gasteiger partial charge in [0.15, 0.2) is 0 Å². The fourth-order valence-electron chi connectivity index (χ4n) is 12.4. The average Bonchev–Trinajstić information content (AvgIpc) is 1.65. The topological polar surface area (TPSA) is 405 Å². The molecule has 1 unspecified atom stereocenters. The number of nitrogens with one attached hydrogen (secondary N) is 4. The summed E-state index contributed by atoms with van der Waals surface area (Å²) in [6, 6.07) is 13.2. The van der Waals surface area contributed by atoms with E-state index >= 15 is 4.79 Å². The van der Waals surface area contributed by atoms with E-state index in [2.05, 4.69) is 31.2 Å². The summed E-state index contributed by atoms with van der Waals surface area (Å²) >= 11 is 6.79. The number of aliphatic hydroxyl groups excluding tert-OH is 2. The molecule has 1 saturated carbocycles. The van der Waals surface area contributed by atoms with Gasteiger partial charge in [-0.05, 0) is 86.3 Å². The number of thiazole rings is 6. The number of pyridine rings is 1. The number of hydrogen-bond acceptors (Lipinski definition) is 24. The van der Waals surface area contributed by atoms with Gasteiger partial charge in [0.25, 0.3) is 23.6 Å². The van der Waals surface area contributed by atoms with Crippen LogP contribution in [0.25, 0.3) is 43.4 Å². The van der Waals surface area contributed by atoms with Crippen molar-refractivity contribution in [3.05, 3.63) is 147 Å². The largest absolute Gasteiger partial charge is 0.508 e. The molecule has 10 atom stereocenters. The molecule has 12 rings (SSSR count). The van der Waals surface area contributed by atoms with Crippen molar-refractivity contribution in [3.63, 3.8) is 0 Å². The van der Waals surface area contributed by atoms with Gasteiger partial charge in [0.1, 0.15) is 93.8 Å². The van der Waals surface area contributed by atoms with E-state index < -0.39 is 96.1 Å². The molecule has 502 valence electrons. The number of phenolic OH excluding ortho intramolecular Hbond substituents is 1. The van der Waals surface area contributed by atoms with Crippen LogP contribution in [0.4, 0.5) is 0 Å². The molecular weight excluding hydrogens is 1360 g/mol. The number of aliphatic carboxylic acids is 2. The molecule has 2 aromatic carbocycles. The molecule has 9 heterocycles. The van der Waals surface area contributed by atoms with Crippen molar-refractivity contribution in [1.29, 1.82) is 0 Å². The number of nitrogens with two attached hydrogens (primary N) is 1. The SMILES string of the molecule is Cc1sc2nc1C(=O)N[C@@H]([C@H](O)c1ccccc1)c1nc(cs1)C(=O)N[C@@H](Cc1ccc(O)cc1)C(=O)N1C[C@H](O)[C@H](C)[C@H]1c1nc(cs1)-c1nc(cs1)-c1nc(-c3nc(C(=O)NC4C[C@@H](CCC(=O)O)C[C@@H](CCC(=O)O)C4)cs3)ccc1-c1nc(cs1)C(=O)N[C@H]2CC(N)=O. The molecule has 32 heteroatoms. The number of carbonyl (C=O) groups is 8. The highest BCUT2D eigenvalue weighted by atomic mass is 32.1. The van der Waals surface area contributed by atoms with E-state index in [9.17, 15) is 59.1 Å². The van der Waals surface area contributed by atoms with Gasteiger partial charge in [0.2, 0.25) is 11.8 Å². The van der Waals surface area contributed by atoms with Gasteiger partial charge >= 0.3 is 11.9 Å². The number of carboxylic acids is 2. The third-order valence-corrected chi connectivity index (χ3v) is 22.8. The van der Waals surface area contributed by atoms with E-state index in [0.717, 1.165) is 45.3 Å². The average molecular weight is 1430 g/mol. The maximum absolute atomic E-state index is 15.3. The third-order valence-electron chi connectivity index (χ3n) is 17.2. The summed E-state index contributed by atoms with van der Waals surface area (Å²) in [4.78, 5) is 144. The third kappa shape index (κ3) is 15.5. The normalized spacial score (nSPS) is 21.8. The molecule has 10 bridgehead atoms. The highest BCUT2D eigenvalue weighted by Gasteiger charge is 2.46. The maximum Gasteiger partial charge on any atom is 0.303 e. The fraction of sp³-hybridized carbons (Fsp3) is 0.338. The van der Waals surface area contributed by atoms with Gasteiger partial charge in [-0.2, -0.15) is 0 Å². The number of aryl methyl sites for hydroxylation is 1. The highest BCUT2D eigenvalue weighted by molar-refractivity contribution is 7.15. The number of nitrogens with zero attached hydrogens (tertiary/aromatic N) is 8. The molecule has 26 nitrogen and oxygen atoms in total. The number of rotatable bonds is 15. The minimum atomic E-state index is -1.43. The van der Waals surface area contributed by atoms with Gasteiger partial charge in [0, 0.05) is 75.1 Å². The second-order valence-electron chi connectivity index (χ2n) is 24.0. The molecule has 7 aromatic heterocycles. The van der Waals surface area contributed by atoms with Crippen LogP contribution in [-0.4, -0.2) is 137 Å². The number of fused-ring (bicyclic) bond motifs is 16. The van der Waals surface area contributed by atoms with Gasteiger partial charge in [-0.15, -0.1) is 68.0 Å². The van der Waals surface area contributed by atoms with Crippen LogP contribution in [0.5, 0.6) is 5.75 Å². The Morgan fingerprint density at radius 2 is 1.27 bits per heavy atom. The van der Waals surface area contributed by atoms with E-state index in [-0.39, 0.29) is 82.2 Å². The van der Waals surface area contributed by atoms with Crippen molar-refractivity contribution in [2.45, 2.75) is 114 Å². The van der Waals surface area contributed by atoms with Crippen LogP contribution >= 0.6 is 68.0 Å². The number of phenols is 1. The Labute approximate surface area is 577 Å². The van der Waals surface area contributed by atoms with Crippen LogP contribution in [0.15, 0.2) is 93.6 Å². The van der Waals surface area contributed by atoms with Crippen molar-refractivity contribution in [1.82, 2.24) is 61.1 Å². The van der Waals surface area contributed by atoms with Crippen LogP contribution in [-0.2, 0) is 25.6 Å². The standard InChI is InChI=1S/C65H63N13O13S6/c1-29-46(80)23-78-53(29)64-75-45(28-96-64)61-71-41(24-93-61)51-37(14-15-38(68-51)60-73-42(26-94-60)55(87)67-35-19-32(10-16-48(82)83)18-33(20-35)11-17-49(84)85)59-72-43(25-92-59)56(88)69-39(22-47(66)81)62-77-50(30(2)97-62)58(90)76-52(54(86)34-6-4-3-5-7-34)63-74-44(27-95-63)57(89)70-40(65(78)91)21-31-8-12-36(79)13-9-31/h3-9,12-15,24-29,32-33,35,39-40,46,52-54,79-80,86H,10-11,16-23H2,1-2H3,(H2,66,81)(H,67,87)(H,69,88)(H,70,89)(H,76,90)(H,82,83)(H,84,85)/t29-,32-,33+,35?,39-,40-,46-,52-,53-,54+/m0/s1. The first-order valence-corrected chi connectivity index (χ1v) is 36.0. The lowest BCUT2D eigenvalue weighted by Gasteiger charge is -2.35. The fourth-order valence-corrected chi connectivity index (χ4v) is 17.7. The number of aliphatic hydroxyl groups is 2. The zero-order valence-electron chi connectivity index (χ0n) is 51.7. The zero-order valence-corrected chi connectivity index (χ0v) is 56.6. The number of benzene rings is 2. The molecule has 3 aliphatic rings. The first-order chi connectivity index (χ1) is 46.6. The second kappa shape index (κ2) is 29.3. The molecule has 97 heavy (non-hydrogen) atoms. The molecule has 1 saturated heterocycles. The molecule has 2 fully saturated rings. The van der Waals surface area contributed by atoms with E-state index in [0.29, 0.717) is 96.5 Å². The van der Waals surface area contributed by atoms with Crippen LogP contribution in [0.1, 0.15) is 156 Å². The van der Waals surface area contributed by atoms with E-state index in [1.165, 1.54) is 50.5 Å². The van der Waals surface area contributed by atoms with Gasteiger partial charge in [-0.25, -0.2) is 34.9 Å². The number of primary amides is 1. The van der Waals surface area contributed by atoms with Gasteiger partial charge < -0.3 is 57.4 Å². The van der Waals surface area contributed by atoms with Crippen LogP contribution in [0.3, 0.4) is 0 Å². The zero-order chi connectivity index (χ0) is 68.3. The Balaban J connectivity index is 0.913. The molecule has 0 spiro atoms. The summed E-state index contributed by atoms with van der Waals surface area (Å²) in [5.74, 6) is -6.55. The Morgan fingerprint density at radius 3 is 1.98 bits per heavy atom. The van der Waals surface area contributed by atoms with Crippen molar-refractivity contribution in [2.24, 2.45) is 23.5 Å². The number of hydrogen-bond donors (Lipinski definition) is 10. The maximum atomic E-state index is 15.3. The lowest BCUT2D eigenvalue weighted by Crippen LogP contribution is -2.50. The monoisotopic (exact) mass is 1430 g/mol. The lowest BCUT2D eigenvalue weighted by atomic mass is 9.75. The second-order valence-corrected chi connectivity index (χ2v) is 29.6. The van der Waals surface area contributed by atoms with Crippen LogP contribution in [0.2, 0.25) is 0 Å². The predicted octanol–water partition coefficient (Wildman–Crippen LogP) is 8.53. The van der Waals surface area contributed by atoms with Crippen molar-refractivity contribution in [3.8, 4) is 49.1 Å². The Hall–Kier alpha value is -9.15. The number of carbonyl (C=O) groups excluding carboxylic acids is 6. The van der Waals surface area contributed by atoms with E-state index in [1.54, 1.807) is 84.6 Å². The molecule has 11 N–H and O–H groups in total. The molecular formula is C65H63N13O13S6. The predicted molar refractivity (Wildman–Crippen MR) is 362 cm³/mol. The molecule has 6 amide bonds. The molecule has 2 aliphatic heterocycles. The lowest BCUT2D eigenvalue weighted by molar-refractivity contribution is -0.138. The first-order valence-electron chi connectivity index (χ1n) is 30.8. The molecule has 9 aromatic rings. The Morgan fingerprint density at radius 1 is 0.649 bits per heavy atom. The Bertz CT molecular complexity index is 4430. The van der Waals surface area contributed by atoms with Crippen molar-refractivity contribution >= 4 is 115 Å². The van der Waals surface area contributed by atoms with Crippen LogP contribution < -0.4 is 27.0 Å². The number of aromatic nitrogens is 7. The number of aromatic hydroxyl groups is 1. The molecule has 1 aliphatic carbocycles. The van der Waals surface area contributed by atoms with Gasteiger partial charge in [-0.1, -0.05) is 49.4 Å². The van der Waals surface area contributed by atoms with E-state index in [4.69, 9.17) is 30.7 Å². The van der Waals surface area contributed by atoms with Gasteiger partial charge in [-0.3, -0.25) is 38.4 Å². The quantitative estimate of drug-likeness (QED) is 0.0459.